The van der Waals surface area contributed by atoms with Crippen LogP contribution in [-0.4, -0.2) is 61.8 Å². The topological polar surface area (TPSA) is 54.0 Å². The molecule has 2 aromatic rings. The summed E-state index contributed by atoms with van der Waals surface area (Å²) in [6, 6.07) is 16.5. The van der Waals surface area contributed by atoms with E-state index in [2.05, 4.69) is 45.4 Å². The highest BCUT2D eigenvalue weighted by Gasteiger charge is 2.17. The largest absolute Gasteiger partial charge is 0.454 e. The molecule has 0 radical (unpaired) electrons. The SMILES string of the molecule is O=C(CCc1ccc2c(c1)OCO2)NCCN1CCN(Cc2ccccc2)CC1. The first kappa shape index (κ1) is 19.7. The van der Waals surface area contributed by atoms with Crippen LogP contribution in [0.3, 0.4) is 0 Å². The Hall–Kier alpha value is -2.57. The highest BCUT2D eigenvalue weighted by molar-refractivity contribution is 5.76. The lowest BCUT2D eigenvalue weighted by Crippen LogP contribution is -2.48. The Bertz CT molecular complexity index is 804. The summed E-state index contributed by atoms with van der Waals surface area (Å²) >= 11 is 0. The van der Waals surface area contributed by atoms with Crippen molar-refractivity contribution in [1.82, 2.24) is 15.1 Å². The summed E-state index contributed by atoms with van der Waals surface area (Å²) in [5, 5.41) is 3.05. The summed E-state index contributed by atoms with van der Waals surface area (Å²) in [5.41, 5.74) is 2.47. The molecule has 1 amide bonds. The molecule has 1 fully saturated rings. The van der Waals surface area contributed by atoms with E-state index >= 15 is 0 Å². The van der Waals surface area contributed by atoms with Gasteiger partial charge < -0.3 is 14.8 Å². The lowest BCUT2D eigenvalue weighted by Gasteiger charge is -2.34. The van der Waals surface area contributed by atoms with Crippen LogP contribution < -0.4 is 14.8 Å². The van der Waals surface area contributed by atoms with Crippen molar-refractivity contribution < 1.29 is 14.3 Å². The molecular formula is C23H29N3O3. The van der Waals surface area contributed by atoms with Crippen molar-refractivity contribution in [3.63, 3.8) is 0 Å². The van der Waals surface area contributed by atoms with Gasteiger partial charge >= 0.3 is 0 Å². The maximum atomic E-state index is 12.2. The molecule has 154 valence electrons. The predicted molar refractivity (Wildman–Crippen MR) is 112 cm³/mol. The summed E-state index contributed by atoms with van der Waals surface area (Å²) < 4.78 is 10.7. The Morgan fingerprint density at radius 1 is 0.897 bits per heavy atom. The van der Waals surface area contributed by atoms with Gasteiger partial charge in [0, 0.05) is 52.2 Å². The van der Waals surface area contributed by atoms with E-state index in [-0.39, 0.29) is 12.7 Å². The Kier molecular flexibility index (Phi) is 6.64. The number of nitrogens with one attached hydrogen (secondary N) is 1. The summed E-state index contributed by atoms with van der Waals surface area (Å²) in [7, 11) is 0. The number of rotatable bonds is 8. The molecule has 2 aliphatic heterocycles. The van der Waals surface area contributed by atoms with Crippen LogP contribution in [0.25, 0.3) is 0 Å². The number of benzene rings is 2. The maximum absolute atomic E-state index is 12.2. The minimum Gasteiger partial charge on any atom is -0.454 e. The van der Waals surface area contributed by atoms with Crippen molar-refractivity contribution in [2.45, 2.75) is 19.4 Å². The third kappa shape index (κ3) is 5.71. The van der Waals surface area contributed by atoms with Crippen LogP contribution in [0, 0.1) is 0 Å². The van der Waals surface area contributed by atoms with Gasteiger partial charge in [-0.3, -0.25) is 14.6 Å². The zero-order valence-corrected chi connectivity index (χ0v) is 16.8. The lowest BCUT2D eigenvalue weighted by molar-refractivity contribution is -0.121. The Morgan fingerprint density at radius 2 is 1.66 bits per heavy atom. The van der Waals surface area contributed by atoms with E-state index in [4.69, 9.17) is 9.47 Å². The average Bonchev–Trinajstić information content (AvgIpc) is 3.22. The number of ether oxygens (including phenoxy) is 2. The molecular weight excluding hydrogens is 366 g/mol. The van der Waals surface area contributed by atoms with Crippen LogP contribution in [0.4, 0.5) is 0 Å². The third-order valence-electron chi connectivity index (χ3n) is 5.54. The second-order valence-corrected chi connectivity index (χ2v) is 7.64. The Morgan fingerprint density at radius 3 is 2.48 bits per heavy atom. The standard InChI is InChI=1S/C23H29N3O3/c27-23(9-7-19-6-8-21-22(16-19)29-18-28-21)24-10-11-25-12-14-26(15-13-25)17-20-4-2-1-3-5-20/h1-6,8,16H,7,9-15,17-18H2,(H,24,27). The van der Waals surface area contributed by atoms with Gasteiger partial charge in [-0.2, -0.15) is 0 Å². The zero-order chi connectivity index (χ0) is 19.9. The fourth-order valence-electron chi connectivity index (χ4n) is 3.81. The summed E-state index contributed by atoms with van der Waals surface area (Å²) in [6.45, 7) is 7.18. The molecule has 4 rings (SSSR count). The van der Waals surface area contributed by atoms with Crippen molar-refractivity contribution >= 4 is 5.91 Å². The first-order chi connectivity index (χ1) is 14.3. The van der Waals surface area contributed by atoms with Gasteiger partial charge in [-0.05, 0) is 29.7 Å². The zero-order valence-electron chi connectivity index (χ0n) is 16.8. The molecule has 2 aliphatic rings. The molecule has 6 nitrogen and oxygen atoms in total. The van der Waals surface area contributed by atoms with E-state index < -0.39 is 0 Å². The fraction of sp³-hybridized carbons (Fsp3) is 0.435. The van der Waals surface area contributed by atoms with Crippen molar-refractivity contribution in [3.8, 4) is 11.5 Å². The van der Waals surface area contributed by atoms with E-state index in [1.165, 1.54) is 5.56 Å². The minimum absolute atomic E-state index is 0.102. The number of carbonyl (C=O) groups is 1. The number of fused-ring (bicyclic) bond motifs is 1. The van der Waals surface area contributed by atoms with E-state index in [1.807, 2.05) is 18.2 Å². The van der Waals surface area contributed by atoms with Crippen LogP contribution in [0.15, 0.2) is 48.5 Å². The predicted octanol–water partition coefficient (Wildman–Crippen LogP) is 2.28. The summed E-state index contributed by atoms with van der Waals surface area (Å²) in [5.74, 6) is 1.65. The normalized spacial score (nSPS) is 16.7. The van der Waals surface area contributed by atoms with Gasteiger partial charge in [-0.15, -0.1) is 0 Å². The molecule has 0 spiro atoms. The van der Waals surface area contributed by atoms with Gasteiger partial charge in [-0.1, -0.05) is 36.4 Å². The molecule has 0 bridgehead atoms. The highest BCUT2D eigenvalue weighted by atomic mass is 16.7. The monoisotopic (exact) mass is 395 g/mol. The van der Waals surface area contributed by atoms with Crippen molar-refractivity contribution in [2.75, 3.05) is 46.1 Å². The van der Waals surface area contributed by atoms with E-state index in [0.29, 0.717) is 19.4 Å². The van der Waals surface area contributed by atoms with Crippen LogP contribution in [0.2, 0.25) is 0 Å². The number of piperazine rings is 1. The van der Waals surface area contributed by atoms with Crippen molar-refractivity contribution in [3.05, 3.63) is 59.7 Å². The molecule has 0 unspecified atom stereocenters. The smallest absolute Gasteiger partial charge is 0.231 e. The number of amides is 1. The molecule has 1 saturated heterocycles. The number of nitrogens with zero attached hydrogens (tertiary/aromatic N) is 2. The molecule has 29 heavy (non-hydrogen) atoms. The van der Waals surface area contributed by atoms with Gasteiger partial charge in [0.15, 0.2) is 11.5 Å². The maximum Gasteiger partial charge on any atom is 0.231 e. The Labute approximate surface area is 172 Å². The van der Waals surface area contributed by atoms with Gasteiger partial charge in [0.25, 0.3) is 0 Å². The molecule has 0 aromatic heterocycles. The van der Waals surface area contributed by atoms with Crippen molar-refractivity contribution in [2.24, 2.45) is 0 Å². The molecule has 1 N–H and O–H groups in total. The summed E-state index contributed by atoms with van der Waals surface area (Å²) in [6.07, 6.45) is 1.20. The quantitative estimate of drug-likeness (QED) is 0.743. The number of hydrogen-bond acceptors (Lipinski definition) is 5. The van der Waals surface area contributed by atoms with E-state index in [1.54, 1.807) is 0 Å². The first-order valence-corrected chi connectivity index (χ1v) is 10.4. The van der Waals surface area contributed by atoms with E-state index in [0.717, 1.165) is 56.3 Å². The summed E-state index contributed by atoms with van der Waals surface area (Å²) in [4.78, 5) is 17.1. The van der Waals surface area contributed by atoms with Gasteiger partial charge in [0.1, 0.15) is 0 Å². The second kappa shape index (κ2) is 9.76. The van der Waals surface area contributed by atoms with Crippen molar-refractivity contribution in [1.29, 1.82) is 0 Å². The van der Waals surface area contributed by atoms with Crippen LogP contribution in [0.5, 0.6) is 11.5 Å². The number of aryl methyl sites for hydroxylation is 1. The van der Waals surface area contributed by atoms with Crippen LogP contribution in [-0.2, 0) is 17.8 Å². The second-order valence-electron chi connectivity index (χ2n) is 7.64. The minimum atomic E-state index is 0.102. The van der Waals surface area contributed by atoms with Crippen LogP contribution >= 0.6 is 0 Å². The molecule has 6 heteroatoms. The van der Waals surface area contributed by atoms with Gasteiger partial charge in [0.05, 0.1) is 0 Å². The Balaban J connectivity index is 1.10. The van der Waals surface area contributed by atoms with Gasteiger partial charge in [-0.25, -0.2) is 0 Å². The average molecular weight is 396 g/mol. The number of hydrogen-bond donors (Lipinski definition) is 1. The molecule has 2 heterocycles. The van der Waals surface area contributed by atoms with Gasteiger partial charge in [0.2, 0.25) is 12.7 Å². The third-order valence-corrected chi connectivity index (χ3v) is 5.54. The molecule has 0 atom stereocenters. The first-order valence-electron chi connectivity index (χ1n) is 10.4. The highest BCUT2D eigenvalue weighted by Crippen LogP contribution is 2.32. The number of carbonyl (C=O) groups excluding carboxylic acids is 1. The molecule has 0 saturated carbocycles. The fourth-order valence-corrected chi connectivity index (χ4v) is 3.81. The molecule has 2 aromatic carbocycles. The van der Waals surface area contributed by atoms with Crippen LogP contribution in [0.1, 0.15) is 17.5 Å². The lowest BCUT2D eigenvalue weighted by atomic mass is 10.1. The molecule has 0 aliphatic carbocycles. The van der Waals surface area contributed by atoms with E-state index in [9.17, 15) is 4.79 Å².